The van der Waals surface area contributed by atoms with Crippen LogP contribution in [0.15, 0.2) is 18.6 Å². The van der Waals surface area contributed by atoms with E-state index in [1.54, 1.807) is 30.4 Å². The first kappa shape index (κ1) is 13.1. The average Bonchev–Trinajstić information content (AvgIpc) is 2.40. The largest absolute Gasteiger partial charge is 0.353 e. The van der Waals surface area contributed by atoms with Crippen molar-refractivity contribution in [2.24, 2.45) is 0 Å². The molecule has 1 aromatic heterocycles. The molecule has 1 aliphatic rings. The molecule has 0 unspecified atom stereocenters. The molecule has 0 bridgehead atoms. The van der Waals surface area contributed by atoms with Crippen LogP contribution in [0.5, 0.6) is 0 Å². The topological polar surface area (TPSA) is 58.1 Å². The first-order chi connectivity index (χ1) is 8.79. The molecule has 18 heavy (non-hydrogen) atoms. The maximum absolute atomic E-state index is 11.6. The standard InChI is InChI=1S/C12H18N4OS/c1-18-9-12(17)15-10-3-2-6-16(8-10)11-7-13-4-5-14-11/h4-5,7,10H,2-3,6,8-9H2,1H3,(H,15,17)/t10-/m0/s1. The van der Waals surface area contributed by atoms with Crippen LogP contribution in [0, 0.1) is 0 Å². The van der Waals surface area contributed by atoms with Crippen LogP contribution in [0.2, 0.25) is 0 Å². The summed E-state index contributed by atoms with van der Waals surface area (Å²) in [6, 6.07) is 0.223. The summed E-state index contributed by atoms with van der Waals surface area (Å²) in [6.45, 7) is 1.80. The fourth-order valence-electron chi connectivity index (χ4n) is 2.16. The Morgan fingerprint density at radius 1 is 1.61 bits per heavy atom. The quantitative estimate of drug-likeness (QED) is 0.878. The van der Waals surface area contributed by atoms with Crippen LogP contribution >= 0.6 is 11.8 Å². The van der Waals surface area contributed by atoms with Crippen molar-refractivity contribution in [3.63, 3.8) is 0 Å². The van der Waals surface area contributed by atoms with E-state index in [-0.39, 0.29) is 11.9 Å². The Labute approximate surface area is 111 Å². The molecule has 0 spiro atoms. The number of aromatic nitrogens is 2. The molecule has 1 atom stereocenters. The van der Waals surface area contributed by atoms with E-state index in [1.165, 1.54) is 0 Å². The average molecular weight is 266 g/mol. The molecule has 6 heteroatoms. The summed E-state index contributed by atoms with van der Waals surface area (Å²) < 4.78 is 0. The molecule has 1 amide bonds. The van der Waals surface area contributed by atoms with E-state index in [9.17, 15) is 4.79 Å². The van der Waals surface area contributed by atoms with Gasteiger partial charge in [-0.05, 0) is 19.1 Å². The van der Waals surface area contributed by atoms with Crippen LogP contribution in [-0.2, 0) is 4.79 Å². The predicted molar refractivity (Wildman–Crippen MR) is 73.8 cm³/mol. The van der Waals surface area contributed by atoms with Crippen molar-refractivity contribution in [2.75, 3.05) is 30.0 Å². The number of piperidine rings is 1. The lowest BCUT2D eigenvalue weighted by molar-refractivity contribution is -0.119. The summed E-state index contributed by atoms with van der Waals surface area (Å²) in [7, 11) is 0. The monoisotopic (exact) mass is 266 g/mol. The van der Waals surface area contributed by atoms with Crippen molar-refractivity contribution >= 4 is 23.5 Å². The zero-order valence-electron chi connectivity index (χ0n) is 10.5. The lowest BCUT2D eigenvalue weighted by Gasteiger charge is -2.33. The number of thioether (sulfide) groups is 1. The maximum atomic E-state index is 11.6. The van der Waals surface area contributed by atoms with Crippen LogP contribution in [0.1, 0.15) is 12.8 Å². The first-order valence-electron chi connectivity index (χ1n) is 6.09. The van der Waals surface area contributed by atoms with E-state index in [4.69, 9.17) is 0 Å². The molecule has 5 nitrogen and oxygen atoms in total. The van der Waals surface area contributed by atoms with Crippen LogP contribution < -0.4 is 10.2 Å². The Balaban J connectivity index is 1.91. The predicted octanol–water partition coefficient (Wildman–Crippen LogP) is 0.925. The lowest BCUT2D eigenvalue weighted by atomic mass is 10.1. The highest BCUT2D eigenvalue weighted by atomic mass is 32.2. The zero-order valence-corrected chi connectivity index (χ0v) is 11.3. The van der Waals surface area contributed by atoms with Gasteiger partial charge in [-0.25, -0.2) is 4.98 Å². The van der Waals surface area contributed by atoms with Gasteiger partial charge < -0.3 is 10.2 Å². The molecule has 1 saturated heterocycles. The fraction of sp³-hybridized carbons (Fsp3) is 0.583. The van der Waals surface area contributed by atoms with Gasteiger partial charge in [0.1, 0.15) is 5.82 Å². The summed E-state index contributed by atoms with van der Waals surface area (Å²) >= 11 is 1.55. The molecule has 0 aliphatic carbocycles. The lowest BCUT2D eigenvalue weighted by Crippen LogP contribution is -2.48. The molecule has 2 rings (SSSR count). The van der Waals surface area contributed by atoms with Gasteiger partial charge >= 0.3 is 0 Å². The van der Waals surface area contributed by atoms with Crippen LogP contribution in [0.25, 0.3) is 0 Å². The Kier molecular flexibility index (Phi) is 4.81. The van der Waals surface area contributed by atoms with E-state index in [1.807, 2.05) is 6.26 Å². The molecule has 2 heterocycles. The minimum atomic E-state index is 0.119. The van der Waals surface area contributed by atoms with Crippen molar-refractivity contribution in [1.29, 1.82) is 0 Å². The van der Waals surface area contributed by atoms with E-state index in [0.717, 1.165) is 31.7 Å². The summed E-state index contributed by atoms with van der Waals surface area (Å²) in [6.07, 6.45) is 9.19. The Bertz CT molecular complexity index is 387. The number of carbonyl (C=O) groups is 1. The number of hydrogen-bond donors (Lipinski definition) is 1. The van der Waals surface area contributed by atoms with Crippen molar-refractivity contribution in [1.82, 2.24) is 15.3 Å². The van der Waals surface area contributed by atoms with Gasteiger partial charge in [-0.2, -0.15) is 11.8 Å². The molecule has 1 aliphatic heterocycles. The third-order valence-electron chi connectivity index (χ3n) is 2.94. The third kappa shape index (κ3) is 3.60. The highest BCUT2D eigenvalue weighted by Crippen LogP contribution is 2.16. The number of anilines is 1. The second-order valence-electron chi connectivity index (χ2n) is 4.35. The summed E-state index contributed by atoms with van der Waals surface area (Å²) in [5.41, 5.74) is 0. The van der Waals surface area contributed by atoms with Gasteiger partial charge in [-0.1, -0.05) is 0 Å². The van der Waals surface area contributed by atoms with Gasteiger partial charge in [0.15, 0.2) is 0 Å². The molecule has 1 fully saturated rings. The molecule has 98 valence electrons. The van der Waals surface area contributed by atoms with Gasteiger partial charge in [0.05, 0.1) is 11.9 Å². The molecule has 0 saturated carbocycles. The Morgan fingerprint density at radius 3 is 3.22 bits per heavy atom. The van der Waals surface area contributed by atoms with Crippen molar-refractivity contribution < 1.29 is 4.79 Å². The molecule has 0 aromatic carbocycles. The van der Waals surface area contributed by atoms with Crippen LogP contribution in [-0.4, -0.2) is 47.0 Å². The highest BCUT2D eigenvalue weighted by Gasteiger charge is 2.22. The minimum absolute atomic E-state index is 0.119. The summed E-state index contributed by atoms with van der Waals surface area (Å²) in [5, 5.41) is 3.07. The van der Waals surface area contributed by atoms with E-state index >= 15 is 0 Å². The number of carbonyl (C=O) groups excluding carboxylic acids is 1. The second kappa shape index (κ2) is 6.58. The Morgan fingerprint density at radius 2 is 2.50 bits per heavy atom. The van der Waals surface area contributed by atoms with E-state index in [2.05, 4.69) is 20.2 Å². The van der Waals surface area contributed by atoms with Gasteiger partial charge in [-0.15, -0.1) is 0 Å². The Hall–Kier alpha value is -1.30. The molecule has 1 N–H and O–H groups in total. The summed E-state index contributed by atoms with van der Waals surface area (Å²) in [4.78, 5) is 22.1. The number of nitrogens with one attached hydrogen (secondary N) is 1. The number of hydrogen-bond acceptors (Lipinski definition) is 5. The second-order valence-corrected chi connectivity index (χ2v) is 5.22. The number of amides is 1. The molecular formula is C12H18N4OS. The SMILES string of the molecule is CSCC(=O)N[C@H]1CCCN(c2cnccn2)C1. The van der Waals surface area contributed by atoms with Crippen LogP contribution in [0.3, 0.4) is 0 Å². The molecule has 1 aromatic rings. The van der Waals surface area contributed by atoms with Crippen LogP contribution in [0.4, 0.5) is 5.82 Å². The van der Waals surface area contributed by atoms with Gasteiger partial charge in [0.25, 0.3) is 0 Å². The highest BCUT2D eigenvalue weighted by molar-refractivity contribution is 7.99. The number of nitrogens with zero attached hydrogens (tertiary/aromatic N) is 3. The van der Waals surface area contributed by atoms with Gasteiger partial charge in [-0.3, -0.25) is 9.78 Å². The first-order valence-corrected chi connectivity index (χ1v) is 7.48. The van der Waals surface area contributed by atoms with E-state index < -0.39 is 0 Å². The minimum Gasteiger partial charge on any atom is -0.353 e. The molecular weight excluding hydrogens is 248 g/mol. The van der Waals surface area contributed by atoms with Gasteiger partial charge in [0, 0.05) is 31.5 Å². The number of rotatable bonds is 4. The van der Waals surface area contributed by atoms with Crippen molar-refractivity contribution in [3.05, 3.63) is 18.6 Å². The van der Waals surface area contributed by atoms with E-state index in [0.29, 0.717) is 5.75 Å². The van der Waals surface area contributed by atoms with Gasteiger partial charge in [0.2, 0.25) is 5.91 Å². The normalized spacial score (nSPS) is 19.6. The third-order valence-corrected chi connectivity index (χ3v) is 3.49. The van der Waals surface area contributed by atoms with Crippen molar-refractivity contribution in [2.45, 2.75) is 18.9 Å². The summed E-state index contributed by atoms with van der Waals surface area (Å²) in [5.74, 6) is 1.54. The van der Waals surface area contributed by atoms with Crippen molar-refractivity contribution in [3.8, 4) is 0 Å². The molecule has 0 radical (unpaired) electrons. The fourth-order valence-corrected chi connectivity index (χ4v) is 2.50. The smallest absolute Gasteiger partial charge is 0.230 e. The maximum Gasteiger partial charge on any atom is 0.230 e. The zero-order chi connectivity index (χ0) is 12.8.